The highest BCUT2D eigenvalue weighted by atomic mass is 16.4. The van der Waals surface area contributed by atoms with E-state index < -0.39 is 5.97 Å². The number of rotatable bonds is 8. The predicted molar refractivity (Wildman–Crippen MR) is 106 cm³/mol. The van der Waals surface area contributed by atoms with Gasteiger partial charge in [0.05, 0.1) is 11.2 Å². The van der Waals surface area contributed by atoms with Crippen molar-refractivity contribution >= 4 is 28.2 Å². The fourth-order valence-electron chi connectivity index (χ4n) is 3.16. The molecule has 0 saturated carbocycles. The van der Waals surface area contributed by atoms with E-state index in [1.807, 2.05) is 48.5 Å². The van der Waals surface area contributed by atoms with Crippen LogP contribution in [0.15, 0.2) is 54.6 Å². The molecule has 0 bridgehead atoms. The maximum atomic E-state index is 11.6. The van der Waals surface area contributed by atoms with Gasteiger partial charge in [-0.05, 0) is 42.7 Å². The topological polar surface area (TPSA) is 62.2 Å². The molecule has 2 aromatic carbocycles. The van der Waals surface area contributed by atoms with Crippen molar-refractivity contribution in [3.8, 4) is 0 Å². The number of aromatic nitrogens is 1. The molecule has 2 N–H and O–H groups in total. The Morgan fingerprint density at radius 1 is 1.04 bits per heavy atom. The second-order valence-corrected chi connectivity index (χ2v) is 6.48. The SMILES string of the molecule is CCCCCCc1cc(C(=O)O)nc2c(Nc3ccccc3)cccc12. The molecule has 0 fully saturated rings. The number of hydrogen-bond donors (Lipinski definition) is 2. The zero-order chi connectivity index (χ0) is 18.4. The number of fused-ring (bicyclic) bond motifs is 1. The Hall–Kier alpha value is -2.88. The second-order valence-electron chi connectivity index (χ2n) is 6.48. The van der Waals surface area contributed by atoms with Crippen LogP contribution in [0.4, 0.5) is 11.4 Å². The Bertz CT molecular complexity index is 891. The minimum absolute atomic E-state index is 0.102. The molecule has 0 saturated heterocycles. The first-order valence-electron chi connectivity index (χ1n) is 9.17. The quantitative estimate of drug-likeness (QED) is 0.505. The van der Waals surface area contributed by atoms with Crippen molar-refractivity contribution in [1.29, 1.82) is 0 Å². The number of anilines is 2. The summed E-state index contributed by atoms with van der Waals surface area (Å²) in [6, 6.07) is 17.5. The molecule has 0 radical (unpaired) electrons. The summed E-state index contributed by atoms with van der Waals surface area (Å²) in [6.07, 6.45) is 5.47. The fourth-order valence-corrected chi connectivity index (χ4v) is 3.16. The first-order chi connectivity index (χ1) is 12.7. The highest BCUT2D eigenvalue weighted by Crippen LogP contribution is 2.29. The van der Waals surface area contributed by atoms with Crippen molar-refractivity contribution in [2.45, 2.75) is 39.0 Å². The van der Waals surface area contributed by atoms with Gasteiger partial charge in [-0.3, -0.25) is 0 Å². The van der Waals surface area contributed by atoms with Gasteiger partial charge in [-0.15, -0.1) is 0 Å². The van der Waals surface area contributed by atoms with E-state index in [4.69, 9.17) is 0 Å². The summed E-state index contributed by atoms with van der Waals surface area (Å²) in [6.45, 7) is 2.19. The van der Waals surface area contributed by atoms with Crippen LogP contribution in [0.3, 0.4) is 0 Å². The second kappa shape index (κ2) is 8.48. The minimum Gasteiger partial charge on any atom is -0.477 e. The number of nitrogens with one attached hydrogen (secondary N) is 1. The summed E-state index contributed by atoms with van der Waals surface area (Å²) in [4.78, 5) is 16.0. The standard InChI is InChI=1S/C22H24N2O2/c1-2-3-4-6-10-16-15-20(22(25)26)24-21-18(16)13-9-14-19(21)23-17-11-7-5-8-12-17/h5,7-9,11-15,23H,2-4,6,10H2,1H3,(H,25,26). The monoisotopic (exact) mass is 348 g/mol. The number of benzene rings is 2. The largest absolute Gasteiger partial charge is 0.477 e. The van der Waals surface area contributed by atoms with Gasteiger partial charge in [0.1, 0.15) is 5.69 Å². The van der Waals surface area contributed by atoms with Crippen LogP contribution in [0.1, 0.15) is 48.7 Å². The van der Waals surface area contributed by atoms with Crippen LogP contribution in [0.25, 0.3) is 10.9 Å². The maximum Gasteiger partial charge on any atom is 0.354 e. The van der Waals surface area contributed by atoms with Gasteiger partial charge in [0.2, 0.25) is 0 Å². The average Bonchev–Trinajstić information content (AvgIpc) is 2.66. The van der Waals surface area contributed by atoms with Crippen LogP contribution >= 0.6 is 0 Å². The molecule has 0 atom stereocenters. The number of aryl methyl sites for hydroxylation is 1. The zero-order valence-electron chi connectivity index (χ0n) is 15.0. The molecule has 3 aromatic rings. The van der Waals surface area contributed by atoms with Gasteiger partial charge in [0.25, 0.3) is 0 Å². The first-order valence-corrected chi connectivity index (χ1v) is 9.17. The van der Waals surface area contributed by atoms with E-state index in [2.05, 4.69) is 17.2 Å². The molecule has 4 nitrogen and oxygen atoms in total. The van der Waals surface area contributed by atoms with Gasteiger partial charge in [0.15, 0.2) is 0 Å². The van der Waals surface area contributed by atoms with Gasteiger partial charge >= 0.3 is 5.97 Å². The van der Waals surface area contributed by atoms with Crippen molar-refractivity contribution in [2.24, 2.45) is 0 Å². The van der Waals surface area contributed by atoms with Gasteiger partial charge < -0.3 is 10.4 Å². The summed E-state index contributed by atoms with van der Waals surface area (Å²) in [5, 5.41) is 13.9. The summed E-state index contributed by atoms with van der Waals surface area (Å²) >= 11 is 0. The fraction of sp³-hybridized carbons (Fsp3) is 0.273. The van der Waals surface area contributed by atoms with E-state index in [1.54, 1.807) is 6.07 Å². The number of para-hydroxylation sites is 2. The van der Waals surface area contributed by atoms with Crippen molar-refractivity contribution in [3.05, 3.63) is 65.9 Å². The van der Waals surface area contributed by atoms with Crippen LogP contribution in [0, 0.1) is 0 Å². The molecule has 3 rings (SSSR count). The molecule has 4 heteroatoms. The smallest absolute Gasteiger partial charge is 0.354 e. The number of aromatic carboxylic acids is 1. The number of carboxylic acid groups (broad SMARTS) is 1. The third-order valence-corrected chi connectivity index (χ3v) is 4.50. The maximum absolute atomic E-state index is 11.6. The van der Waals surface area contributed by atoms with E-state index in [0.717, 1.165) is 41.6 Å². The number of nitrogens with zero attached hydrogens (tertiary/aromatic N) is 1. The molecule has 0 unspecified atom stereocenters. The Kier molecular flexibility index (Phi) is 5.84. The molecular formula is C22H24N2O2. The molecule has 134 valence electrons. The molecule has 1 aromatic heterocycles. The highest BCUT2D eigenvalue weighted by molar-refractivity contribution is 5.97. The molecule has 0 aliphatic carbocycles. The van der Waals surface area contributed by atoms with Crippen molar-refractivity contribution in [2.75, 3.05) is 5.32 Å². The molecule has 1 heterocycles. The molecule has 0 aliphatic heterocycles. The van der Waals surface area contributed by atoms with Crippen molar-refractivity contribution < 1.29 is 9.90 Å². The van der Waals surface area contributed by atoms with Crippen LogP contribution in [0.2, 0.25) is 0 Å². The molecule has 0 aliphatic rings. The lowest BCUT2D eigenvalue weighted by atomic mass is 10.0. The number of unbranched alkanes of at least 4 members (excludes halogenated alkanes) is 3. The van der Waals surface area contributed by atoms with Gasteiger partial charge in [-0.1, -0.05) is 56.5 Å². The Morgan fingerprint density at radius 2 is 1.85 bits per heavy atom. The van der Waals surface area contributed by atoms with Crippen LogP contribution < -0.4 is 5.32 Å². The van der Waals surface area contributed by atoms with Gasteiger partial charge in [-0.2, -0.15) is 0 Å². The molecule has 26 heavy (non-hydrogen) atoms. The number of carbonyl (C=O) groups is 1. The normalized spacial score (nSPS) is 10.8. The molecule has 0 amide bonds. The third-order valence-electron chi connectivity index (χ3n) is 4.50. The summed E-state index contributed by atoms with van der Waals surface area (Å²) in [7, 11) is 0. The number of hydrogen-bond acceptors (Lipinski definition) is 3. The Balaban J connectivity index is 2.01. The average molecular weight is 348 g/mol. The lowest BCUT2D eigenvalue weighted by Crippen LogP contribution is -2.04. The Labute approximate surface area is 153 Å². The van der Waals surface area contributed by atoms with Crippen molar-refractivity contribution in [3.63, 3.8) is 0 Å². The minimum atomic E-state index is -0.990. The first kappa shape index (κ1) is 17.9. The molecule has 0 spiro atoms. The van der Waals surface area contributed by atoms with Gasteiger partial charge in [-0.25, -0.2) is 9.78 Å². The van der Waals surface area contributed by atoms with E-state index in [0.29, 0.717) is 5.52 Å². The summed E-state index contributed by atoms with van der Waals surface area (Å²) < 4.78 is 0. The predicted octanol–water partition coefficient (Wildman–Crippen LogP) is 5.80. The highest BCUT2D eigenvalue weighted by Gasteiger charge is 2.13. The van der Waals surface area contributed by atoms with Crippen LogP contribution in [-0.4, -0.2) is 16.1 Å². The number of pyridine rings is 1. The van der Waals surface area contributed by atoms with Crippen LogP contribution in [-0.2, 0) is 6.42 Å². The summed E-state index contributed by atoms with van der Waals surface area (Å²) in [5.41, 5.74) is 3.64. The van der Waals surface area contributed by atoms with E-state index in [9.17, 15) is 9.90 Å². The third kappa shape index (κ3) is 4.20. The number of carboxylic acids is 1. The van der Waals surface area contributed by atoms with Gasteiger partial charge in [0, 0.05) is 11.1 Å². The van der Waals surface area contributed by atoms with Crippen LogP contribution in [0.5, 0.6) is 0 Å². The van der Waals surface area contributed by atoms with E-state index >= 15 is 0 Å². The lowest BCUT2D eigenvalue weighted by Gasteiger charge is -2.13. The lowest BCUT2D eigenvalue weighted by molar-refractivity contribution is 0.0691. The van der Waals surface area contributed by atoms with E-state index in [1.165, 1.54) is 12.8 Å². The molecular weight excluding hydrogens is 324 g/mol. The Morgan fingerprint density at radius 3 is 2.58 bits per heavy atom. The van der Waals surface area contributed by atoms with E-state index in [-0.39, 0.29) is 5.69 Å². The zero-order valence-corrected chi connectivity index (χ0v) is 15.0. The van der Waals surface area contributed by atoms with Crippen molar-refractivity contribution in [1.82, 2.24) is 4.98 Å². The summed E-state index contributed by atoms with van der Waals surface area (Å²) in [5.74, 6) is -0.990.